The zero-order valence-electron chi connectivity index (χ0n) is 15.2. The van der Waals surface area contributed by atoms with Gasteiger partial charge in [-0.25, -0.2) is 8.42 Å². The van der Waals surface area contributed by atoms with E-state index in [1.807, 2.05) is 36.4 Å². The van der Waals surface area contributed by atoms with Gasteiger partial charge in [-0.15, -0.1) is 0 Å². The quantitative estimate of drug-likeness (QED) is 0.504. The summed E-state index contributed by atoms with van der Waals surface area (Å²) in [6.07, 6.45) is 0.202. The molecule has 0 radical (unpaired) electrons. The first kappa shape index (κ1) is 21.5. The van der Waals surface area contributed by atoms with E-state index >= 15 is 0 Å². The van der Waals surface area contributed by atoms with E-state index in [9.17, 15) is 13.2 Å². The van der Waals surface area contributed by atoms with Gasteiger partial charge in [0.1, 0.15) is 6.04 Å². The van der Waals surface area contributed by atoms with Crippen molar-refractivity contribution in [1.82, 2.24) is 4.72 Å². The summed E-state index contributed by atoms with van der Waals surface area (Å²) >= 11 is 9.20. The van der Waals surface area contributed by atoms with Gasteiger partial charge in [0.25, 0.3) is 0 Å². The molecule has 0 unspecified atom stereocenters. The van der Waals surface area contributed by atoms with E-state index in [1.54, 1.807) is 18.2 Å². The van der Waals surface area contributed by atoms with Crippen molar-refractivity contribution in [2.24, 2.45) is 0 Å². The standard InChI is InChI=1S/C21H18BrClN2O3S/c22-16-7-4-8-18(14-16)24-21(26)20(13-15-5-2-1-3-6-15)25-29(27,28)19-11-9-17(23)10-12-19/h1-12,14,20,25H,13H2,(H,24,26)/t20-/m1/s1. The molecule has 3 aromatic carbocycles. The predicted molar refractivity (Wildman–Crippen MR) is 118 cm³/mol. The highest BCUT2D eigenvalue weighted by atomic mass is 79.9. The number of benzene rings is 3. The van der Waals surface area contributed by atoms with Crippen molar-refractivity contribution in [2.45, 2.75) is 17.4 Å². The summed E-state index contributed by atoms with van der Waals surface area (Å²) in [7, 11) is -3.92. The lowest BCUT2D eigenvalue weighted by Crippen LogP contribution is -2.45. The van der Waals surface area contributed by atoms with Gasteiger partial charge in [-0.05, 0) is 54.4 Å². The summed E-state index contributed by atoms with van der Waals surface area (Å²) in [4.78, 5) is 13.0. The molecule has 0 saturated heterocycles. The van der Waals surface area contributed by atoms with Crippen molar-refractivity contribution in [3.05, 3.63) is 93.9 Å². The SMILES string of the molecule is O=C(Nc1cccc(Br)c1)[C@@H](Cc1ccccc1)NS(=O)(=O)c1ccc(Cl)cc1. The van der Waals surface area contributed by atoms with Crippen molar-refractivity contribution < 1.29 is 13.2 Å². The molecule has 0 spiro atoms. The van der Waals surface area contributed by atoms with Crippen molar-refractivity contribution in [2.75, 3.05) is 5.32 Å². The van der Waals surface area contributed by atoms with E-state index in [0.29, 0.717) is 10.7 Å². The average Bonchev–Trinajstić information content (AvgIpc) is 2.68. The fourth-order valence-corrected chi connectivity index (χ4v) is 4.42. The molecule has 0 aliphatic carbocycles. The molecule has 3 rings (SSSR count). The molecule has 0 saturated carbocycles. The molecule has 0 fully saturated rings. The van der Waals surface area contributed by atoms with E-state index < -0.39 is 22.0 Å². The summed E-state index contributed by atoms with van der Waals surface area (Å²) in [5, 5.41) is 3.20. The molecule has 1 atom stereocenters. The predicted octanol–water partition coefficient (Wildman–Crippen LogP) is 4.63. The Kier molecular flexibility index (Phi) is 7.08. The number of amides is 1. The smallest absolute Gasteiger partial charge is 0.242 e. The summed E-state index contributed by atoms with van der Waals surface area (Å²) < 4.78 is 28.9. The second kappa shape index (κ2) is 9.54. The highest BCUT2D eigenvalue weighted by molar-refractivity contribution is 9.10. The molecule has 0 aromatic heterocycles. The zero-order chi connectivity index (χ0) is 20.9. The second-order valence-electron chi connectivity index (χ2n) is 6.32. The molecule has 2 N–H and O–H groups in total. The Morgan fingerprint density at radius 3 is 2.31 bits per heavy atom. The van der Waals surface area contributed by atoms with Gasteiger partial charge in [-0.1, -0.05) is 63.9 Å². The van der Waals surface area contributed by atoms with Crippen LogP contribution in [0, 0.1) is 0 Å². The van der Waals surface area contributed by atoms with Crippen LogP contribution in [-0.4, -0.2) is 20.4 Å². The van der Waals surface area contributed by atoms with Crippen LogP contribution in [0.25, 0.3) is 0 Å². The van der Waals surface area contributed by atoms with Crippen LogP contribution < -0.4 is 10.0 Å². The van der Waals surface area contributed by atoms with Crippen LogP contribution in [0.1, 0.15) is 5.56 Å². The molecule has 0 aliphatic heterocycles. The first-order chi connectivity index (χ1) is 13.8. The maximum atomic E-state index is 12.9. The Morgan fingerprint density at radius 2 is 1.66 bits per heavy atom. The fourth-order valence-electron chi connectivity index (χ4n) is 2.70. The van der Waals surface area contributed by atoms with Crippen LogP contribution in [0.15, 0.2) is 88.2 Å². The molecule has 0 bridgehead atoms. The lowest BCUT2D eigenvalue weighted by Gasteiger charge is -2.19. The van der Waals surface area contributed by atoms with E-state index in [1.165, 1.54) is 24.3 Å². The van der Waals surface area contributed by atoms with Crippen molar-refractivity contribution in [3.63, 3.8) is 0 Å². The highest BCUT2D eigenvalue weighted by Crippen LogP contribution is 2.18. The van der Waals surface area contributed by atoms with Crippen LogP contribution in [-0.2, 0) is 21.2 Å². The van der Waals surface area contributed by atoms with Crippen molar-refractivity contribution >= 4 is 49.1 Å². The Hall–Kier alpha value is -2.19. The highest BCUT2D eigenvalue weighted by Gasteiger charge is 2.26. The normalized spacial score (nSPS) is 12.3. The minimum atomic E-state index is -3.92. The first-order valence-corrected chi connectivity index (χ1v) is 11.4. The third kappa shape index (κ3) is 6.14. The van der Waals surface area contributed by atoms with Crippen LogP contribution in [0.4, 0.5) is 5.69 Å². The molecular formula is C21H18BrClN2O3S. The molecular weight excluding hydrogens is 476 g/mol. The van der Waals surface area contributed by atoms with Gasteiger partial charge in [-0.2, -0.15) is 4.72 Å². The number of hydrogen-bond donors (Lipinski definition) is 2. The van der Waals surface area contributed by atoms with E-state index in [-0.39, 0.29) is 11.3 Å². The van der Waals surface area contributed by atoms with Gasteiger partial charge in [0.2, 0.25) is 15.9 Å². The number of halogens is 2. The number of carbonyl (C=O) groups excluding carboxylic acids is 1. The summed E-state index contributed by atoms with van der Waals surface area (Å²) in [5.41, 5.74) is 1.40. The monoisotopic (exact) mass is 492 g/mol. The van der Waals surface area contributed by atoms with Crippen molar-refractivity contribution in [3.8, 4) is 0 Å². The summed E-state index contributed by atoms with van der Waals surface area (Å²) in [6, 6.07) is 21.1. The molecule has 0 aliphatic rings. The number of anilines is 1. The fraction of sp³-hybridized carbons (Fsp3) is 0.0952. The molecule has 8 heteroatoms. The molecule has 5 nitrogen and oxygen atoms in total. The topological polar surface area (TPSA) is 75.3 Å². The number of hydrogen-bond acceptors (Lipinski definition) is 3. The minimum absolute atomic E-state index is 0.0372. The molecule has 29 heavy (non-hydrogen) atoms. The molecule has 3 aromatic rings. The Morgan fingerprint density at radius 1 is 0.966 bits per heavy atom. The number of sulfonamides is 1. The largest absolute Gasteiger partial charge is 0.325 e. The minimum Gasteiger partial charge on any atom is -0.325 e. The number of nitrogens with one attached hydrogen (secondary N) is 2. The van der Waals surface area contributed by atoms with E-state index in [0.717, 1.165) is 10.0 Å². The Labute approximate surface area is 183 Å². The van der Waals surface area contributed by atoms with Gasteiger partial charge in [-0.3, -0.25) is 4.79 Å². The molecule has 1 amide bonds. The lowest BCUT2D eigenvalue weighted by molar-refractivity contribution is -0.117. The second-order valence-corrected chi connectivity index (χ2v) is 9.38. The maximum Gasteiger partial charge on any atom is 0.242 e. The van der Waals surface area contributed by atoms with Crippen molar-refractivity contribution in [1.29, 1.82) is 0 Å². The van der Waals surface area contributed by atoms with Crippen LogP contribution in [0.3, 0.4) is 0 Å². The van der Waals surface area contributed by atoms with E-state index in [4.69, 9.17) is 11.6 Å². The van der Waals surface area contributed by atoms with Gasteiger partial charge in [0, 0.05) is 15.2 Å². The van der Waals surface area contributed by atoms with E-state index in [2.05, 4.69) is 26.0 Å². The average molecular weight is 494 g/mol. The maximum absolute atomic E-state index is 12.9. The van der Waals surface area contributed by atoms with Gasteiger partial charge >= 0.3 is 0 Å². The molecule has 0 heterocycles. The third-order valence-corrected chi connectivity index (χ3v) is 6.35. The number of carbonyl (C=O) groups is 1. The summed E-state index contributed by atoms with van der Waals surface area (Å²) in [6.45, 7) is 0. The number of rotatable bonds is 7. The van der Waals surface area contributed by atoms with Crippen LogP contribution in [0.5, 0.6) is 0 Å². The first-order valence-electron chi connectivity index (χ1n) is 8.72. The summed E-state index contributed by atoms with van der Waals surface area (Å²) in [5.74, 6) is -0.454. The third-order valence-electron chi connectivity index (χ3n) is 4.11. The lowest BCUT2D eigenvalue weighted by atomic mass is 10.1. The Bertz CT molecular complexity index is 1090. The van der Waals surface area contributed by atoms with Gasteiger partial charge < -0.3 is 5.32 Å². The van der Waals surface area contributed by atoms with Gasteiger partial charge in [0.15, 0.2) is 0 Å². The van der Waals surface area contributed by atoms with Crippen LogP contribution >= 0.6 is 27.5 Å². The zero-order valence-corrected chi connectivity index (χ0v) is 18.3. The van der Waals surface area contributed by atoms with Crippen LogP contribution in [0.2, 0.25) is 5.02 Å². The molecule has 150 valence electrons. The van der Waals surface area contributed by atoms with Gasteiger partial charge in [0.05, 0.1) is 4.90 Å². The Balaban J connectivity index is 1.85.